The molecule has 0 bridgehead atoms. The van der Waals surface area contributed by atoms with Crippen LogP contribution in [0.1, 0.15) is 64.0 Å². The van der Waals surface area contributed by atoms with Crippen LogP contribution in [0.25, 0.3) is 0 Å². The molecule has 2 rings (SSSR count). The normalized spacial score (nSPS) is 15.6. The second-order valence-corrected chi connectivity index (χ2v) is 7.31. The van der Waals surface area contributed by atoms with E-state index in [2.05, 4.69) is 39.0 Å². The zero-order valence-electron chi connectivity index (χ0n) is 15.0. The van der Waals surface area contributed by atoms with E-state index in [1.807, 2.05) is 4.90 Å². The summed E-state index contributed by atoms with van der Waals surface area (Å²) in [6.07, 6.45) is 6.82. The second kappa shape index (κ2) is 8.49. The van der Waals surface area contributed by atoms with Crippen LogP contribution in [0.5, 0.6) is 0 Å². The van der Waals surface area contributed by atoms with Gasteiger partial charge in [0.1, 0.15) is 0 Å². The molecule has 0 fully saturated rings. The third kappa shape index (κ3) is 5.07. The molecule has 128 valence electrons. The molecular formula is C20H32N2O. The summed E-state index contributed by atoms with van der Waals surface area (Å²) < 4.78 is 0. The first-order valence-corrected chi connectivity index (χ1v) is 9.19. The summed E-state index contributed by atoms with van der Waals surface area (Å²) in [6, 6.07) is 6.79. The van der Waals surface area contributed by atoms with Crippen molar-refractivity contribution in [1.82, 2.24) is 0 Å². The molecule has 0 saturated heterocycles. The van der Waals surface area contributed by atoms with Crippen molar-refractivity contribution in [2.45, 2.75) is 71.8 Å². The molecule has 1 aliphatic heterocycles. The van der Waals surface area contributed by atoms with Crippen molar-refractivity contribution in [2.75, 3.05) is 11.4 Å². The molecular weight excluding hydrogens is 284 g/mol. The van der Waals surface area contributed by atoms with Gasteiger partial charge in [-0.1, -0.05) is 39.3 Å². The number of fused-ring (bicyclic) bond motifs is 1. The number of unbranched alkanes of at least 4 members (excludes halogenated alkanes) is 1. The molecule has 1 aromatic rings. The first-order chi connectivity index (χ1) is 11.0. The number of aryl methyl sites for hydroxylation is 1. The lowest BCUT2D eigenvalue weighted by atomic mass is 9.94. The van der Waals surface area contributed by atoms with Crippen LogP contribution in [0.2, 0.25) is 0 Å². The van der Waals surface area contributed by atoms with Crippen molar-refractivity contribution >= 4 is 11.6 Å². The Hall–Kier alpha value is -1.35. The van der Waals surface area contributed by atoms with Gasteiger partial charge >= 0.3 is 0 Å². The third-order valence-corrected chi connectivity index (χ3v) is 4.58. The van der Waals surface area contributed by atoms with Crippen molar-refractivity contribution in [1.29, 1.82) is 0 Å². The minimum absolute atomic E-state index is 0.221. The molecule has 0 saturated carbocycles. The highest BCUT2D eigenvalue weighted by atomic mass is 16.2. The molecule has 1 heterocycles. The fourth-order valence-corrected chi connectivity index (χ4v) is 3.49. The van der Waals surface area contributed by atoms with Crippen LogP contribution >= 0.6 is 0 Å². The maximum atomic E-state index is 12.4. The largest absolute Gasteiger partial charge is 0.327 e. The highest BCUT2D eigenvalue weighted by Crippen LogP contribution is 2.29. The zero-order chi connectivity index (χ0) is 16.8. The molecule has 0 radical (unpaired) electrons. The van der Waals surface area contributed by atoms with Gasteiger partial charge in [-0.3, -0.25) is 4.79 Å². The van der Waals surface area contributed by atoms with Gasteiger partial charge in [-0.2, -0.15) is 0 Å². The Morgan fingerprint density at radius 1 is 1.35 bits per heavy atom. The van der Waals surface area contributed by atoms with Crippen LogP contribution < -0.4 is 10.6 Å². The van der Waals surface area contributed by atoms with Crippen LogP contribution in [0.4, 0.5) is 5.69 Å². The molecule has 1 unspecified atom stereocenters. The number of amides is 1. The predicted molar refractivity (Wildman–Crippen MR) is 97.8 cm³/mol. The van der Waals surface area contributed by atoms with Gasteiger partial charge in [0.25, 0.3) is 0 Å². The van der Waals surface area contributed by atoms with Gasteiger partial charge in [0, 0.05) is 24.7 Å². The number of anilines is 1. The van der Waals surface area contributed by atoms with Gasteiger partial charge < -0.3 is 10.6 Å². The van der Waals surface area contributed by atoms with E-state index < -0.39 is 0 Å². The molecule has 1 aliphatic rings. The van der Waals surface area contributed by atoms with E-state index in [1.165, 1.54) is 11.1 Å². The maximum absolute atomic E-state index is 12.4. The lowest BCUT2D eigenvalue weighted by Gasteiger charge is -2.30. The van der Waals surface area contributed by atoms with Crippen LogP contribution in [0.3, 0.4) is 0 Å². The summed E-state index contributed by atoms with van der Waals surface area (Å²) in [5.41, 5.74) is 9.99. The average Bonchev–Trinajstić information content (AvgIpc) is 2.50. The Labute approximate surface area is 141 Å². The lowest BCUT2D eigenvalue weighted by Crippen LogP contribution is -2.35. The quantitative estimate of drug-likeness (QED) is 0.824. The van der Waals surface area contributed by atoms with E-state index in [9.17, 15) is 4.79 Å². The summed E-state index contributed by atoms with van der Waals surface area (Å²) in [4.78, 5) is 14.4. The Morgan fingerprint density at radius 2 is 2.13 bits per heavy atom. The van der Waals surface area contributed by atoms with Gasteiger partial charge in [-0.05, 0) is 55.2 Å². The molecule has 0 aromatic heterocycles. The number of nitrogens with two attached hydrogens (primary N) is 1. The van der Waals surface area contributed by atoms with E-state index >= 15 is 0 Å². The standard InChI is InChI=1S/C20H32N2O/c1-4-5-8-20(23)22-11-6-7-17-13-16(9-10-19(17)22)14-18(21)12-15(2)3/h9-10,13,15,18H,4-8,11-12,14,21H2,1-3H3. The van der Waals surface area contributed by atoms with E-state index in [-0.39, 0.29) is 11.9 Å². The molecule has 1 aromatic carbocycles. The van der Waals surface area contributed by atoms with Gasteiger partial charge in [0.15, 0.2) is 0 Å². The summed E-state index contributed by atoms with van der Waals surface area (Å²) in [5.74, 6) is 0.909. The van der Waals surface area contributed by atoms with Crippen molar-refractivity contribution in [3.8, 4) is 0 Å². The summed E-state index contributed by atoms with van der Waals surface area (Å²) in [5, 5.41) is 0. The zero-order valence-corrected chi connectivity index (χ0v) is 15.0. The van der Waals surface area contributed by atoms with Crippen LogP contribution in [0, 0.1) is 5.92 Å². The SMILES string of the molecule is CCCCC(=O)N1CCCc2cc(CC(N)CC(C)C)ccc21. The average molecular weight is 316 g/mol. The predicted octanol–water partition coefficient (Wildman–Crippen LogP) is 4.07. The van der Waals surface area contributed by atoms with E-state index in [1.54, 1.807) is 0 Å². The van der Waals surface area contributed by atoms with Crippen LogP contribution in [-0.2, 0) is 17.6 Å². The molecule has 2 N–H and O–H groups in total. The van der Waals surface area contributed by atoms with Crippen LogP contribution in [0.15, 0.2) is 18.2 Å². The molecule has 0 aliphatic carbocycles. The number of hydrogen-bond donors (Lipinski definition) is 1. The van der Waals surface area contributed by atoms with Gasteiger partial charge in [0.2, 0.25) is 5.91 Å². The van der Waals surface area contributed by atoms with Crippen molar-refractivity contribution in [3.05, 3.63) is 29.3 Å². The highest BCUT2D eigenvalue weighted by Gasteiger charge is 2.22. The van der Waals surface area contributed by atoms with Gasteiger partial charge in [-0.25, -0.2) is 0 Å². The molecule has 1 atom stereocenters. The Bertz CT molecular complexity index is 524. The number of hydrogen-bond acceptors (Lipinski definition) is 2. The van der Waals surface area contributed by atoms with Crippen molar-refractivity contribution < 1.29 is 4.79 Å². The smallest absolute Gasteiger partial charge is 0.226 e. The van der Waals surface area contributed by atoms with E-state index in [4.69, 9.17) is 5.73 Å². The van der Waals surface area contributed by atoms with Crippen molar-refractivity contribution in [2.24, 2.45) is 11.7 Å². The monoisotopic (exact) mass is 316 g/mol. The molecule has 23 heavy (non-hydrogen) atoms. The van der Waals surface area contributed by atoms with Gasteiger partial charge in [-0.15, -0.1) is 0 Å². The molecule has 3 heteroatoms. The Morgan fingerprint density at radius 3 is 2.83 bits per heavy atom. The lowest BCUT2D eigenvalue weighted by molar-refractivity contribution is -0.118. The number of carbonyl (C=O) groups excluding carboxylic acids is 1. The fourth-order valence-electron chi connectivity index (χ4n) is 3.49. The Balaban J connectivity index is 2.08. The summed E-state index contributed by atoms with van der Waals surface area (Å²) in [7, 11) is 0. The van der Waals surface area contributed by atoms with E-state index in [0.29, 0.717) is 12.3 Å². The number of rotatable bonds is 7. The number of carbonyl (C=O) groups is 1. The molecule has 1 amide bonds. The summed E-state index contributed by atoms with van der Waals surface area (Å²) in [6.45, 7) is 7.42. The maximum Gasteiger partial charge on any atom is 0.226 e. The number of nitrogens with zero attached hydrogens (tertiary/aromatic N) is 1. The molecule has 3 nitrogen and oxygen atoms in total. The van der Waals surface area contributed by atoms with E-state index in [0.717, 1.165) is 50.8 Å². The number of benzene rings is 1. The highest BCUT2D eigenvalue weighted by molar-refractivity contribution is 5.94. The minimum Gasteiger partial charge on any atom is -0.327 e. The minimum atomic E-state index is 0.221. The second-order valence-electron chi connectivity index (χ2n) is 7.31. The fraction of sp³-hybridized carbons (Fsp3) is 0.650. The first kappa shape index (κ1) is 18.0. The Kier molecular flexibility index (Phi) is 6.64. The summed E-state index contributed by atoms with van der Waals surface area (Å²) >= 11 is 0. The van der Waals surface area contributed by atoms with Crippen molar-refractivity contribution in [3.63, 3.8) is 0 Å². The molecule has 0 spiro atoms. The van der Waals surface area contributed by atoms with Gasteiger partial charge in [0.05, 0.1) is 0 Å². The van der Waals surface area contributed by atoms with Crippen LogP contribution in [-0.4, -0.2) is 18.5 Å². The first-order valence-electron chi connectivity index (χ1n) is 9.19. The topological polar surface area (TPSA) is 46.3 Å². The third-order valence-electron chi connectivity index (χ3n) is 4.58.